The molecule has 0 radical (unpaired) electrons. The van der Waals surface area contributed by atoms with Crippen molar-refractivity contribution in [3.8, 4) is 0 Å². The molecule has 0 saturated carbocycles. The number of carbonyl (C=O) groups excluding carboxylic acids is 1. The van der Waals surface area contributed by atoms with E-state index in [2.05, 4.69) is 5.32 Å². The van der Waals surface area contributed by atoms with Gasteiger partial charge in [0.05, 0.1) is 67.5 Å². The maximum atomic E-state index is 14.5. The normalized spacial score (nSPS) is 48.7. The molecule has 0 aliphatic carbocycles. The molecule has 4 aliphatic rings. The maximum Gasteiger partial charge on any atom is 0.311 e. The molecule has 0 aromatic carbocycles. The van der Waals surface area contributed by atoms with E-state index in [0.29, 0.717) is 19.6 Å². The largest absolute Gasteiger partial charge is 0.459 e. The van der Waals surface area contributed by atoms with Crippen LogP contribution >= 0.6 is 0 Å². The molecule has 5 N–H and O–H groups in total. The summed E-state index contributed by atoms with van der Waals surface area (Å²) in [6.07, 6.45) is -8.29. The number of esters is 1. The van der Waals surface area contributed by atoms with Crippen LogP contribution in [0.25, 0.3) is 0 Å². The van der Waals surface area contributed by atoms with E-state index in [1.807, 2.05) is 53.6 Å². The molecule has 0 amide bonds. The van der Waals surface area contributed by atoms with Gasteiger partial charge in [-0.3, -0.25) is 10.1 Å². The molecule has 0 spiro atoms. The van der Waals surface area contributed by atoms with Gasteiger partial charge in [0.1, 0.15) is 30.1 Å². The van der Waals surface area contributed by atoms with E-state index in [9.17, 15) is 25.2 Å². The van der Waals surface area contributed by atoms with E-state index < -0.39 is 96.1 Å². The van der Waals surface area contributed by atoms with E-state index >= 15 is 0 Å². The van der Waals surface area contributed by atoms with Crippen LogP contribution in [0.5, 0.6) is 0 Å². The Morgan fingerprint density at radius 3 is 2.19 bits per heavy atom. The standard InChI is InChI=1S/C42H78N2O14/c1-15-29-42(10,49)37-24(4)32(43-30(56-37)21-52-17-16-50-13)22(2)19-40(8,48)36(58-39-33(45)28(44(11)12)18-23(3)53-39)25(5)34(26(6)38(47)55-29)57-31-20-41(9,51-14)35(46)27(7)54-31/h22-37,39,43,45-46,48-49H,15-21H2,1-14H3/t22-,23-,24+,25+,26-,27+,28+,29?,30+,31+,32+,33-,34?,35+,36-,37-,39+,40-,41-,42-/m1/s1. The number of nitrogens with one attached hydrogen (secondary N) is 1. The summed E-state index contributed by atoms with van der Waals surface area (Å²) in [6, 6.07) is -0.593. The van der Waals surface area contributed by atoms with Gasteiger partial charge in [0.15, 0.2) is 12.6 Å². The fourth-order valence-electron chi connectivity index (χ4n) is 10.0. The molecular formula is C42H78N2O14. The van der Waals surface area contributed by atoms with Gasteiger partial charge >= 0.3 is 5.97 Å². The number of rotatable bonds is 12. The lowest BCUT2D eigenvalue weighted by atomic mass is 9.71. The zero-order chi connectivity index (χ0) is 43.5. The summed E-state index contributed by atoms with van der Waals surface area (Å²) in [5.74, 6) is -2.95. The number of likely N-dealkylation sites (N-methyl/N-ethyl adjacent to an activating group) is 1. The van der Waals surface area contributed by atoms with Crippen LogP contribution in [0.1, 0.15) is 94.9 Å². The van der Waals surface area contributed by atoms with Gasteiger partial charge in [0.25, 0.3) is 0 Å². The molecule has 4 rings (SSSR count). The molecule has 4 heterocycles. The number of cyclic esters (lactones) is 1. The van der Waals surface area contributed by atoms with Crippen LogP contribution in [-0.4, -0.2) is 176 Å². The Labute approximate surface area is 346 Å². The fraction of sp³-hybridized carbons (Fsp3) is 0.976. The van der Waals surface area contributed by atoms with Crippen LogP contribution in [0.3, 0.4) is 0 Å². The van der Waals surface area contributed by atoms with Crippen LogP contribution < -0.4 is 5.32 Å². The number of methoxy groups -OCH3 is 2. The van der Waals surface area contributed by atoms with Crippen molar-refractivity contribution in [1.82, 2.24) is 10.2 Å². The Morgan fingerprint density at radius 2 is 1.59 bits per heavy atom. The first-order valence-electron chi connectivity index (χ1n) is 21.4. The summed E-state index contributed by atoms with van der Waals surface area (Å²) in [5.41, 5.74) is -4.27. The van der Waals surface area contributed by atoms with Gasteiger partial charge in [-0.15, -0.1) is 0 Å². The van der Waals surface area contributed by atoms with Gasteiger partial charge in [0.2, 0.25) is 0 Å². The average Bonchev–Trinajstić information content (AvgIpc) is 3.15. The maximum absolute atomic E-state index is 14.5. The predicted octanol–water partition coefficient (Wildman–Crippen LogP) is 2.20. The van der Waals surface area contributed by atoms with Gasteiger partial charge in [-0.25, -0.2) is 0 Å². The molecule has 20 atom stereocenters. The van der Waals surface area contributed by atoms with Crippen molar-refractivity contribution in [1.29, 1.82) is 0 Å². The van der Waals surface area contributed by atoms with Crippen molar-refractivity contribution in [2.24, 2.45) is 23.7 Å². The minimum absolute atomic E-state index is 0.137. The number of hydrogen-bond donors (Lipinski definition) is 5. The van der Waals surface area contributed by atoms with Crippen LogP contribution in [0.4, 0.5) is 0 Å². The monoisotopic (exact) mass is 835 g/mol. The zero-order valence-corrected chi connectivity index (χ0v) is 37.6. The van der Waals surface area contributed by atoms with Crippen molar-refractivity contribution in [3.63, 3.8) is 0 Å². The minimum atomic E-state index is -1.64. The molecular weight excluding hydrogens is 756 g/mol. The second-order valence-electron chi connectivity index (χ2n) is 18.6. The van der Waals surface area contributed by atoms with Crippen molar-refractivity contribution in [3.05, 3.63) is 0 Å². The van der Waals surface area contributed by atoms with E-state index in [1.54, 1.807) is 41.7 Å². The Hall–Kier alpha value is -1.09. The van der Waals surface area contributed by atoms with E-state index in [1.165, 1.54) is 7.11 Å². The van der Waals surface area contributed by atoms with Gasteiger partial charge < -0.3 is 68.0 Å². The molecule has 16 nitrogen and oxygen atoms in total. The van der Waals surface area contributed by atoms with Crippen LogP contribution in [0.15, 0.2) is 0 Å². The zero-order valence-electron chi connectivity index (χ0n) is 37.6. The highest BCUT2D eigenvalue weighted by Gasteiger charge is 2.55. The Bertz CT molecular complexity index is 1290. The van der Waals surface area contributed by atoms with Crippen LogP contribution in [0, 0.1) is 23.7 Å². The third-order valence-corrected chi connectivity index (χ3v) is 13.5. The van der Waals surface area contributed by atoms with Crippen LogP contribution in [0.2, 0.25) is 0 Å². The summed E-state index contributed by atoms with van der Waals surface area (Å²) < 4.78 is 55.7. The SMILES string of the molecule is CCC1OC(=O)[C@H](C)C(O[C@H]2C[C@@](C)(OC)[C@@H](O)[C@H](C)O2)[C@H](C)[C@@H](O[C@@H]2O[C@H](C)C[C@H](N(C)C)[C@H]2O)[C@](C)(O)C[C@@H](C)[C@@H]2N[C@H](COCCOC)O[C@H]([C@H]2C)[C@]1(C)O. The van der Waals surface area contributed by atoms with Crippen molar-refractivity contribution in [2.75, 3.05) is 48.1 Å². The molecule has 16 heteroatoms. The molecule has 340 valence electrons. The topological polar surface area (TPSA) is 196 Å². The minimum Gasteiger partial charge on any atom is -0.459 e. The number of aliphatic hydroxyl groups is 4. The number of ether oxygens (including phenoxy) is 9. The molecule has 4 aliphatic heterocycles. The predicted molar refractivity (Wildman–Crippen MR) is 214 cm³/mol. The highest BCUT2D eigenvalue weighted by molar-refractivity contribution is 5.73. The first kappa shape index (κ1) is 49.6. The first-order valence-corrected chi connectivity index (χ1v) is 21.4. The average molecular weight is 835 g/mol. The second-order valence-corrected chi connectivity index (χ2v) is 18.6. The quantitative estimate of drug-likeness (QED) is 0.142. The van der Waals surface area contributed by atoms with E-state index in [0.717, 1.165) is 0 Å². The second kappa shape index (κ2) is 20.4. The van der Waals surface area contributed by atoms with Gasteiger partial charge in [0, 0.05) is 44.6 Å². The first-order chi connectivity index (χ1) is 27.0. The summed E-state index contributed by atoms with van der Waals surface area (Å²) >= 11 is 0. The number of nitrogens with zero attached hydrogens (tertiary/aromatic N) is 1. The molecule has 0 aromatic rings. The van der Waals surface area contributed by atoms with Crippen molar-refractivity contribution in [2.45, 2.75) is 191 Å². The summed E-state index contributed by atoms with van der Waals surface area (Å²) in [4.78, 5) is 16.4. The van der Waals surface area contributed by atoms with Crippen LogP contribution in [-0.2, 0) is 47.4 Å². The summed E-state index contributed by atoms with van der Waals surface area (Å²) in [5, 5.41) is 51.5. The Morgan fingerprint density at radius 1 is 0.914 bits per heavy atom. The number of carbonyl (C=O) groups is 1. The lowest BCUT2D eigenvalue weighted by Crippen LogP contribution is -2.67. The molecule has 4 fully saturated rings. The summed E-state index contributed by atoms with van der Waals surface area (Å²) in [6.45, 7) is 19.1. The van der Waals surface area contributed by atoms with E-state index in [4.69, 9.17) is 42.6 Å². The molecule has 2 bridgehead atoms. The van der Waals surface area contributed by atoms with Gasteiger partial charge in [-0.2, -0.15) is 0 Å². The molecule has 58 heavy (non-hydrogen) atoms. The third-order valence-electron chi connectivity index (χ3n) is 13.5. The highest BCUT2D eigenvalue weighted by atomic mass is 16.7. The number of fused-ring (bicyclic) bond motifs is 2. The van der Waals surface area contributed by atoms with Gasteiger partial charge in [-0.1, -0.05) is 27.7 Å². The third kappa shape index (κ3) is 11.1. The van der Waals surface area contributed by atoms with Gasteiger partial charge in [-0.05, 0) is 80.8 Å². The van der Waals surface area contributed by atoms with Crippen molar-refractivity contribution < 1.29 is 67.9 Å². The smallest absolute Gasteiger partial charge is 0.311 e. The number of hydrogen-bond acceptors (Lipinski definition) is 16. The van der Waals surface area contributed by atoms with Crippen molar-refractivity contribution >= 4 is 5.97 Å². The highest BCUT2D eigenvalue weighted by Crippen LogP contribution is 2.43. The Balaban J connectivity index is 1.83. The number of aliphatic hydroxyl groups excluding tert-OH is 2. The molecule has 4 saturated heterocycles. The van der Waals surface area contributed by atoms with E-state index in [-0.39, 0.29) is 55.9 Å². The molecule has 0 aromatic heterocycles. The Kier molecular flexibility index (Phi) is 17.4. The lowest BCUT2D eigenvalue weighted by molar-refractivity contribution is -0.318. The fourth-order valence-corrected chi connectivity index (χ4v) is 10.0. The lowest BCUT2D eigenvalue weighted by Gasteiger charge is -2.52. The summed E-state index contributed by atoms with van der Waals surface area (Å²) in [7, 11) is 6.90. The molecule has 2 unspecified atom stereocenters.